The highest BCUT2D eigenvalue weighted by molar-refractivity contribution is 5.31. The van der Waals surface area contributed by atoms with Crippen molar-refractivity contribution in [1.82, 2.24) is 0 Å². The van der Waals surface area contributed by atoms with Crippen LogP contribution in [0.15, 0.2) is 6.07 Å². The number of rotatable bonds is 1. The maximum Gasteiger partial charge on any atom is 0.197 e. The third kappa shape index (κ3) is 1.19. The second-order valence-electron chi connectivity index (χ2n) is 3.38. The SMILES string of the molecule is OC1(c2cc(F)c(F)c(F)c2F)CC1. The summed E-state index contributed by atoms with van der Waals surface area (Å²) in [6.07, 6.45) is 0.461. The number of halogens is 4. The second-order valence-corrected chi connectivity index (χ2v) is 3.38. The van der Waals surface area contributed by atoms with Crippen molar-refractivity contribution in [3.05, 3.63) is 34.9 Å². The molecule has 0 bridgehead atoms. The topological polar surface area (TPSA) is 20.2 Å². The van der Waals surface area contributed by atoms with Crippen LogP contribution in [0.1, 0.15) is 18.4 Å². The zero-order valence-corrected chi connectivity index (χ0v) is 6.95. The van der Waals surface area contributed by atoms with Crippen LogP contribution in [0, 0.1) is 23.3 Å². The Morgan fingerprint density at radius 2 is 1.57 bits per heavy atom. The number of benzene rings is 1. The molecule has 0 atom stereocenters. The van der Waals surface area contributed by atoms with Gasteiger partial charge in [0, 0.05) is 5.56 Å². The fourth-order valence-electron chi connectivity index (χ4n) is 1.30. The molecule has 1 nitrogen and oxygen atoms in total. The van der Waals surface area contributed by atoms with Crippen LogP contribution < -0.4 is 0 Å². The molecule has 1 aromatic rings. The molecule has 1 saturated carbocycles. The second kappa shape index (κ2) is 2.70. The Bertz CT molecular complexity index is 398. The van der Waals surface area contributed by atoms with Gasteiger partial charge in [0.2, 0.25) is 0 Å². The average Bonchev–Trinajstić information content (AvgIpc) is 2.87. The molecule has 1 aliphatic carbocycles. The molecule has 0 spiro atoms. The zero-order chi connectivity index (χ0) is 10.5. The van der Waals surface area contributed by atoms with E-state index in [4.69, 9.17) is 0 Å². The van der Waals surface area contributed by atoms with E-state index in [1.165, 1.54) is 0 Å². The van der Waals surface area contributed by atoms with Crippen LogP contribution in [0.2, 0.25) is 0 Å². The average molecular weight is 206 g/mol. The Kier molecular flexibility index (Phi) is 1.82. The molecule has 76 valence electrons. The summed E-state index contributed by atoms with van der Waals surface area (Å²) in [6, 6.07) is 0.501. The maximum atomic E-state index is 13.0. The van der Waals surface area contributed by atoms with E-state index in [0.717, 1.165) is 0 Å². The smallest absolute Gasteiger partial charge is 0.197 e. The molecule has 0 aliphatic heterocycles. The monoisotopic (exact) mass is 206 g/mol. The summed E-state index contributed by atoms with van der Waals surface area (Å²) in [5.41, 5.74) is -2.02. The first-order valence-electron chi connectivity index (χ1n) is 4.01. The van der Waals surface area contributed by atoms with Crippen molar-refractivity contribution in [2.24, 2.45) is 0 Å². The van der Waals surface area contributed by atoms with Gasteiger partial charge in [0.15, 0.2) is 23.3 Å². The standard InChI is InChI=1S/C9H6F4O/c10-5-3-4(9(14)1-2-9)6(11)8(13)7(5)12/h3,14H,1-2H2. The highest BCUT2D eigenvalue weighted by atomic mass is 19.2. The molecule has 5 heteroatoms. The van der Waals surface area contributed by atoms with Crippen molar-refractivity contribution in [2.75, 3.05) is 0 Å². The molecule has 14 heavy (non-hydrogen) atoms. The Hall–Kier alpha value is -1.10. The molecule has 0 unspecified atom stereocenters. The van der Waals surface area contributed by atoms with Crippen molar-refractivity contribution >= 4 is 0 Å². The molecule has 0 heterocycles. The van der Waals surface area contributed by atoms with Gasteiger partial charge in [0.1, 0.15) is 0 Å². The van der Waals surface area contributed by atoms with Crippen molar-refractivity contribution in [3.8, 4) is 0 Å². The summed E-state index contributed by atoms with van der Waals surface area (Å²) in [5.74, 6) is -6.72. The molecule has 0 radical (unpaired) electrons. The highest BCUT2D eigenvalue weighted by Crippen LogP contribution is 2.46. The minimum absolute atomic E-state index is 0.231. The van der Waals surface area contributed by atoms with E-state index in [2.05, 4.69) is 0 Å². The van der Waals surface area contributed by atoms with Crippen molar-refractivity contribution in [3.63, 3.8) is 0 Å². The van der Waals surface area contributed by atoms with Crippen LogP contribution in [0.25, 0.3) is 0 Å². The van der Waals surface area contributed by atoms with Gasteiger partial charge in [-0.25, -0.2) is 17.6 Å². The van der Waals surface area contributed by atoms with E-state index >= 15 is 0 Å². The van der Waals surface area contributed by atoms with Gasteiger partial charge in [0.25, 0.3) is 0 Å². The third-order valence-corrected chi connectivity index (χ3v) is 2.33. The normalized spacial score (nSPS) is 18.4. The van der Waals surface area contributed by atoms with Gasteiger partial charge in [-0.2, -0.15) is 0 Å². The molecule has 2 rings (SSSR count). The fraction of sp³-hybridized carbons (Fsp3) is 0.333. The molecular formula is C9H6F4O. The van der Waals surface area contributed by atoms with Gasteiger partial charge in [-0.3, -0.25) is 0 Å². The van der Waals surface area contributed by atoms with E-state index in [-0.39, 0.29) is 12.8 Å². The summed E-state index contributed by atoms with van der Waals surface area (Å²) in [4.78, 5) is 0. The molecule has 1 N–H and O–H groups in total. The van der Waals surface area contributed by atoms with Crippen molar-refractivity contribution in [2.45, 2.75) is 18.4 Å². The fourth-order valence-corrected chi connectivity index (χ4v) is 1.30. The van der Waals surface area contributed by atoms with Crippen LogP contribution in [0.5, 0.6) is 0 Å². The van der Waals surface area contributed by atoms with Gasteiger partial charge in [0.05, 0.1) is 5.60 Å². The molecule has 1 aromatic carbocycles. The lowest BCUT2D eigenvalue weighted by Gasteiger charge is -2.10. The van der Waals surface area contributed by atoms with Gasteiger partial charge in [-0.1, -0.05) is 0 Å². The number of aliphatic hydroxyl groups is 1. The molecule has 0 saturated heterocycles. The van der Waals surface area contributed by atoms with Crippen LogP contribution in [0.3, 0.4) is 0 Å². The van der Waals surface area contributed by atoms with Crippen LogP contribution in [-0.2, 0) is 5.60 Å². The van der Waals surface area contributed by atoms with E-state index < -0.39 is 34.4 Å². The van der Waals surface area contributed by atoms with Crippen molar-refractivity contribution in [1.29, 1.82) is 0 Å². The first-order valence-corrected chi connectivity index (χ1v) is 4.01. The quantitative estimate of drug-likeness (QED) is 0.424. The largest absolute Gasteiger partial charge is 0.385 e. The lowest BCUT2D eigenvalue weighted by atomic mass is 10.1. The Morgan fingerprint density at radius 1 is 1.00 bits per heavy atom. The lowest BCUT2D eigenvalue weighted by Crippen LogP contribution is -2.11. The van der Waals surface area contributed by atoms with Crippen LogP contribution in [-0.4, -0.2) is 5.11 Å². The molecule has 0 amide bonds. The van der Waals surface area contributed by atoms with E-state index in [9.17, 15) is 22.7 Å². The highest BCUT2D eigenvalue weighted by Gasteiger charge is 2.45. The Labute approximate surface area is 77.0 Å². The van der Waals surface area contributed by atoms with E-state index in [1.807, 2.05) is 0 Å². The summed E-state index contributed by atoms with van der Waals surface area (Å²) in [5, 5.41) is 9.42. The summed E-state index contributed by atoms with van der Waals surface area (Å²) in [7, 11) is 0. The van der Waals surface area contributed by atoms with Crippen LogP contribution in [0.4, 0.5) is 17.6 Å². The van der Waals surface area contributed by atoms with E-state index in [1.54, 1.807) is 0 Å². The maximum absolute atomic E-state index is 13.0. The number of hydrogen-bond donors (Lipinski definition) is 1. The minimum atomic E-state index is -1.87. The van der Waals surface area contributed by atoms with Gasteiger partial charge in [-0.05, 0) is 18.9 Å². The van der Waals surface area contributed by atoms with Gasteiger partial charge in [-0.15, -0.1) is 0 Å². The number of hydrogen-bond acceptors (Lipinski definition) is 1. The molecule has 1 aliphatic rings. The Balaban J connectivity index is 2.62. The van der Waals surface area contributed by atoms with Crippen molar-refractivity contribution < 1.29 is 22.7 Å². The summed E-state index contributed by atoms with van der Waals surface area (Å²) in [6.45, 7) is 0. The third-order valence-electron chi connectivity index (χ3n) is 2.33. The van der Waals surface area contributed by atoms with E-state index in [0.29, 0.717) is 6.07 Å². The molecular weight excluding hydrogens is 200 g/mol. The van der Waals surface area contributed by atoms with Crippen LogP contribution >= 0.6 is 0 Å². The zero-order valence-electron chi connectivity index (χ0n) is 6.95. The lowest BCUT2D eigenvalue weighted by molar-refractivity contribution is 0.144. The molecule has 0 aromatic heterocycles. The molecule has 1 fully saturated rings. The minimum Gasteiger partial charge on any atom is -0.385 e. The van der Waals surface area contributed by atoms with Gasteiger partial charge < -0.3 is 5.11 Å². The Morgan fingerprint density at radius 3 is 2.07 bits per heavy atom. The van der Waals surface area contributed by atoms with Gasteiger partial charge >= 0.3 is 0 Å². The first kappa shape index (κ1) is 9.45. The predicted molar refractivity (Wildman–Crippen MR) is 39.4 cm³/mol. The summed E-state index contributed by atoms with van der Waals surface area (Å²) < 4.78 is 50.9. The summed E-state index contributed by atoms with van der Waals surface area (Å²) >= 11 is 0. The first-order chi connectivity index (χ1) is 6.46. The predicted octanol–water partition coefficient (Wildman–Crippen LogP) is 2.22.